The summed E-state index contributed by atoms with van der Waals surface area (Å²) in [5, 5.41) is 10.1. The fourth-order valence-electron chi connectivity index (χ4n) is 1.96. The summed E-state index contributed by atoms with van der Waals surface area (Å²) in [5.74, 6) is -0.400. The quantitative estimate of drug-likeness (QED) is 0.875. The first-order valence-corrected chi connectivity index (χ1v) is 6.80. The van der Waals surface area contributed by atoms with Crippen molar-refractivity contribution >= 4 is 28.3 Å². The summed E-state index contributed by atoms with van der Waals surface area (Å²) in [5.41, 5.74) is 7.24. The van der Waals surface area contributed by atoms with Crippen LogP contribution in [0.5, 0.6) is 0 Å². The van der Waals surface area contributed by atoms with Gasteiger partial charge < -0.3 is 10.8 Å². The predicted octanol–water partition coefficient (Wildman–Crippen LogP) is 3.61. The van der Waals surface area contributed by atoms with Gasteiger partial charge in [0.1, 0.15) is 5.82 Å². The number of rotatable bonds is 4. The van der Waals surface area contributed by atoms with E-state index in [1.807, 2.05) is 30.3 Å². The van der Waals surface area contributed by atoms with Crippen LogP contribution >= 0.6 is 28.3 Å². The Hall–Kier alpha value is -0.940. The SMILES string of the molecule is Cl.N[C@@H](c1cc(Br)ccc1F)[C@H](O)Cc1ccccc1. The Kier molecular flexibility index (Phi) is 6.62. The average molecular weight is 361 g/mol. The Morgan fingerprint density at radius 2 is 1.80 bits per heavy atom. The molecule has 20 heavy (non-hydrogen) atoms. The van der Waals surface area contributed by atoms with Crippen molar-refractivity contribution in [1.29, 1.82) is 0 Å². The third-order valence-electron chi connectivity index (χ3n) is 3.02. The van der Waals surface area contributed by atoms with Gasteiger partial charge in [-0.1, -0.05) is 46.3 Å². The van der Waals surface area contributed by atoms with E-state index in [2.05, 4.69) is 15.9 Å². The lowest BCUT2D eigenvalue weighted by Gasteiger charge is -2.20. The molecule has 2 rings (SSSR count). The van der Waals surface area contributed by atoms with Gasteiger partial charge in [0.15, 0.2) is 0 Å². The first-order chi connectivity index (χ1) is 9.08. The minimum atomic E-state index is -0.828. The Balaban J connectivity index is 0.00000200. The Morgan fingerprint density at radius 3 is 2.45 bits per heavy atom. The van der Waals surface area contributed by atoms with E-state index < -0.39 is 18.0 Å². The Bertz CT molecular complexity index is 553. The molecule has 0 radical (unpaired) electrons. The number of aliphatic hydroxyl groups excluding tert-OH is 1. The maximum absolute atomic E-state index is 13.7. The lowest BCUT2D eigenvalue weighted by atomic mass is 9.96. The van der Waals surface area contributed by atoms with Crippen molar-refractivity contribution in [2.24, 2.45) is 5.73 Å². The summed E-state index contributed by atoms with van der Waals surface area (Å²) in [6.07, 6.45) is -0.431. The van der Waals surface area contributed by atoms with Gasteiger partial charge in [0.25, 0.3) is 0 Å². The molecule has 0 fully saturated rings. The maximum Gasteiger partial charge on any atom is 0.128 e. The molecule has 0 aliphatic carbocycles. The summed E-state index contributed by atoms with van der Waals surface area (Å²) in [6.45, 7) is 0. The fraction of sp³-hybridized carbons (Fsp3) is 0.200. The molecule has 0 aliphatic rings. The van der Waals surface area contributed by atoms with Crippen molar-refractivity contribution in [1.82, 2.24) is 0 Å². The van der Waals surface area contributed by atoms with Gasteiger partial charge in [-0.3, -0.25) is 0 Å². The van der Waals surface area contributed by atoms with E-state index in [0.29, 0.717) is 12.0 Å². The molecule has 2 atom stereocenters. The van der Waals surface area contributed by atoms with Crippen LogP contribution in [-0.4, -0.2) is 11.2 Å². The standard InChI is InChI=1S/C15H15BrFNO.ClH/c16-11-6-7-13(17)12(9-11)15(18)14(19)8-10-4-2-1-3-5-10;/h1-7,9,14-15,19H,8,18H2;1H/t14-,15+;/m1./s1. The summed E-state index contributed by atoms with van der Waals surface area (Å²) in [7, 11) is 0. The van der Waals surface area contributed by atoms with Gasteiger partial charge >= 0.3 is 0 Å². The third-order valence-corrected chi connectivity index (χ3v) is 3.51. The van der Waals surface area contributed by atoms with Crippen LogP contribution < -0.4 is 5.73 Å². The van der Waals surface area contributed by atoms with E-state index in [9.17, 15) is 9.50 Å². The van der Waals surface area contributed by atoms with Gasteiger partial charge in [0.2, 0.25) is 0 Å². The second-order valence-corrected chi connectivity index (χ2v) is 5.36. The first kappa shape index (κ1) is 17.1. The minimum absolute atomic E-state index is 0. The number of benzene rings is 2. The number of hydrogen-bond acceptors (Lipinski definition) is 2. The van der Waals surface area contributed by atoms with Crippen molar-refractivity contribution < 1.29 is 9.50 Å². The minimum Gasteiger partial charge on any atom is -0.391 e. The van der Waals surface area contributed by atoms with Crippen LogP contribution in [0, 0.1) is 5.82 Å². The van der Waals surface area contributed by atoms with Gasteiger partial charge in [0, 0.05) is 16.5 Å². The number of nitrogens with two attached hydrogens (primary N) is 1. The number of hydrogen-bond donors (Lipinski definition) is 2. The molecule has 0 aromatic heterocycles. The lowest BCUT2D eigenvalue weighted by Crippen LogP contribution is -2.29. The van der Waals surface area contributed by atoms with E-state index in [0.717, 1.165) is 10.0 Å². The first-order valence-electron chi connectivity index (χ1n) is 6.00. The van der Waals surface area contributed by atoms with Crippen LogP contribution in [0.1, 0.15) is 17.2 Å². The fourth-order valence-corrected chi connectivity index (χ4v) is 2.34. The van der Waals surface area contributed by atoms with Crippen LogP contribution in [0.25, 0.3) is 0 Å². The Labute approximate surface area is 132 Å². The largest absolute Gasteiger partial charge is 0.391 e. The van der Waals surface area contributed by atoms with Gasteiger partial charge in [-0.25, -0.2) is 4.39 Å². The normalized spacial score (nSPS) is 13.4. The van der Waals surface area contributed by atoms with Crippen LogP contribution in [0.15, 0.2) is 53.0 Å². The van der Waals surface area contributed by atoms with Gasteiger partial charge in [-0.2, -0.15) is 0 Å². The van der Waals surface area contributed by atoms with E-state index >= 15 is 0 Å². The van der Waals surface area contributed by atoms with Gasteiger partial charge in [-0.15, -0.1) is 12.4 Å². The van der Waals surface area contributed by atoms with Crippen LogP contribution in [-0.2, 0) is 6.42 Å². The molecule has 108 valence electrons. The molecule has 0 saturated heterocycles. The van der Waals surface area contributed by atoms with Crippen molar-refractivity contribution in [3.05, 3.63) is 69.9 Å². The summed E-state index contributed by atoms with van der Waals surface area (Å²) < 4.78 is 14.4. The smallest absolute Gasteiger partial charge is 0.128 e. The highest BCUT2D eigenvalue weighted by atomic mass is 79.9. The molecule has 0 saturated carbocycles. The zero-order valence-corrected chi connectivity index (χ0v) is 13.1. The lowest BCUT2D eigenvalue weighted by molar-refractivity contribution is 0.143. The molecule has 2 aromatic carbocycles. The Morgan fingerprint density at radius 1 is 1.15 bits per heavy atom. The third kappa shape index (κ3) is 4.28. The van der Waals surface area contributed by atoms with Crippen LogP contribution in [0.2, 0.25) is 0 Å². The second kappa shape index (κ2) is 7.74. The van der Waals surface area contributed by atoms with Crippen molar-refractivity contribution in [2.75, 3.05) is 0 Å². The highest BCUT2D eigenvalue weighted by Gasteiger charge is 2.20. The molecule has 0 heterocycles. The van der Waals surface area contributed by atoms with Crippen molar-refractivity contribution in [3.63, 3.8) is 0 Å². The topological polar surface area (TPSA) is 46.2 Å². The van der Waals surface area contributed by atoms with Gasteiger partial charge in [0.05, 0.1) is 12.1 Å². The molecule has 0 spiro atoms. The monoisotopic (exact) mass is 359 g/mol. The molecule has 0 bridgehead atoms. The summed E-state index contributed by atoms with van der Waals surface area (Å²) in [6, 6.07) is 13.3. The highest BCUT2D eigenvalue weighted by molar-refractivity contribution is 9.10. The van der Waals surface area contributed by atoms with E-state index in [4.69, 9.17) is 5.73 Å². The number of aliphatic hydroxyl groups is 1. The maximum atomic E-state index is 13.7. The van der Waals surface area contributed by atoms with Gasteiger partial charge in [-0.05, 0) is 23.8 Å². The predicted molar refractivity (Wildman–Crippen MR) is 84.4 cm³/mol. The zero-order valence-electron chi connectivity index (χ0n) is 10.7. The van der Waals surface area contributed by atoms with E-state index in [-0.39, 0.29) is 12.4 Å². The molecule has 0 unspecified atom stereocenters. The zero-order chi connectivity index (χ0) is 13.8. The molecular formula is C15H16BrClFNO. The highest BCUT2D eigenvalue weighted by Crippen LogP contribution is 2.24. The average Bonchev–Trinajstić information content (AvgIpc) is 2.42. The number of halogens is 3. The van der Waals surface area contributed by atoms with Crippen molar-refractivity contribution in [2.45, 2.75) is 18.6 Å². The summed E-state index contributed by atoms with van der Waals surface area (Å²) in [4.78, 5) is 0. The molecule has 0 amide bonds. The van der Waals surface area contributed by atoms with Crippen molar-refractivity contribution in [3.8, 4) is 0 Å². The molecular weight excluding hydrogens is 345 g/mol. The molecule has 0 aliphatic heterocycles. The molecule has 5 heteroatoms. The second-order valence-electron chi connectivity index (χ2n) is 4.45. The molecule has 3 N–H and O–H groups in total. The summed E-state index contributed by atoms with van der Waals surface area (Å²) >= 11 is 3.28. The van der Waals surface area contributed by atoms with Crippen LogP contribution in [0.4, 0.5) is 4.39 Å². The van der Waals surface area contributed by atoms with E-state index in [1.165, 1.54) is 6.07 Å². The van der Waals surface area contributed by atoms with E-state index in [1.54, 1.807) is 12.1 Å². The molecule has 2 nitrogen and oxygen atoms in total. The molecule has 2 aromatic rings. The van der Waals surface area contributed by atoms with Crippen LogP contribution in [0.3, 0.4) is 0 Å².